The molecule has 3 aromatic carbocycles. The lowest BCUT2D eigenvalue weighted by Crippen LogP contribution is -1.91. The maximum absolute atomic E-state index is 10.9. The molecule has 0 aliphatic rings. The minimum Gasteiger partial charge on any atom is -0.258 e. The number of hydrogen-bond donors (Lipinski definition) is 1. The van der Waals surface area contributed by atoms with Gasteiger partial charge in [-0.25, -0.2) is 4.98 Å². The number of nitrogens with one attached hydrogen (secondary N) is 1. The van der Waals surface area contributed by atoms with E-state index in [1.54, 1.807) is 18.3 Å². The van der Waals surface area contributed by atoms with Crippen molar-refractivity contribution in [3.63, 3.8) is 0 Å². The Morgan fingerprint density at radius 3 is 2.41 bits per heavy atom. The first-order chi connectivity index (χ1) is 14.2. The molecule has 0 atom stereocenters. The smallest absolute Gasteiger partial charge is 0.258 e. The number of thiazole rings is 1. The van der Waals surface area contributed by atoms with Crippen molar-refractivity contribution in [1.29, 1.82) is 0 Å². The molecule has 7 heteroatoms. The average Bonchev–Trinajstić information content (AvgIpc) is 3.24. The molecule has 0 aliphatic carbocycles. The number of hydrazone groups is 1. The zero-order chi connectivity index (χ0) is 20.1. The van der Waals surface area contributed by atoms with Crippen LogP contribution in [-0.2, 0) is 0 Å². The van der Waals surface area contributed by atoms with E-state index < -0.39 is 4.92 Å². The number of hydrogen-bond acceptors (Lipinski definition) is 6. The highest BCUT2D eigenvalue weighted by Crippen LogP contribution is 2.27. The summed E-state index contributed by atoms with van der Waals surface area (Å²) in [6, 6.07) is 24.7. The molecular weight excluding hydrogens is 384 g/mol. The van der Waals surface area contributed by atoms with E-state index in [1.165, 1.54) is 29.0 Å². The Morgan fingerprint density at radius 2 is 1.66 bits per heavy atom. The Morgan fingerprint density at radius 1 is 0.931 bits per heavy atom. The number of rotatable bonds is 6. The van der Waals surface area contributed by atoms with Crippen molar-refractivity contribution in [1.82, 2.24) is 4.98 Å². The van der Waals surface area contributed by atoms with E-state index in [0.29, 0.717) is 16.4 Å². The van der Waals surface area contributed by atoms with E-state index in [-0.39, 0.29) is 5.69 Å². The Kier molecular flexibility index (Phi) is 5.40. The van der Waals surface area contributed by atoms with Crippen molar-refractivity contribution in [2.75, 3.05) is 5.43 Å². The second-order valence-corrected chi connectivity index (χ2v) is 7.06. The van der Waals surface area contributed by atoms with Gasteiger partial charge in [0.1, 0.15) is 0 Å². The number of benzene rings is 3. The molecule has 0 aliphatic heterocycles. The Balaban J connectivity index is 1.41. The maximum Gasteiger partial charge on any atom is 0.270 e. The number of anilines is 1. The number of nitro benzene ring substituents is 1. The summed E-state index contributed by atoms with van der Waals surface area (Å²) in [6.45, 7) is 0. The fourth-order valence-corrected chi connectivity index (χ4v) is 3.46. The standard InChI is InChI=1S/C22H16N4O2S/c27-26(28)20-8-4-7-19(13-20)21-15-29-22(24-21)25-23-14-16-9-11-18(12-10-16)17-5-2-1-3-6-17/h1-15H,(H,24,25)/b23-14+. The molecule has 0 fully saturated rings. The summed E-state index contributed by atoms with van der Waals surface area (Å²) >= 11 is 1.39. The van der Waals surface area contributed by atoms with Gasteiger partial charge >= 0.3 is 0 Å². The Bertz CT molecular complexity index is 1150. The van der Waals surface area contributed by atoms with Gasteiger partial charge in [-0.2, -0.15) is 5.10 Å². The van der Waals surface area contributed by atoms with Gasteiger partial charge in [0.05, 0.1) is 16.8 Å². The Labute approximate surface area is 171 Å². The zero-order valence-electron chi connectivity index (χ0n) is 15.2. The third kappa shape index (κ3) is 4.53. The number of non-ortho nitro benzene ring substituents is 1. The van der Waals surface area contributed by atoms with Crippen LogP contribution in [0.15, 0.2) is 89.3 Å². The van der Waals surface area contributed by atoms with Gasteiger partial charge in [0, 0.05) is 23.1 Å². The normalized spacial score (nSPS) is 10.9. The molecule has 1 heterocycles. The highest BCUT2D eigenvalue weighted by Gasteiger charge is 2.09. The topological polar surface area (TPSA) is 80.4 Å². The summed E-state index contributed by atoms with van der Waals surface area (Å²) in [4.78, 5) is 14.9. The van der Waals surface area contributed by atoms with Gasteiger partial charge in [-0.1, -0.05) is 66.7 Å². The van der Waals surface area contributed by atoms with Crippen LogP contribution in [0.4, 0.5) is 10.8 Å². The van der Waals surface area contributed by atoms with Crippen LogP contribution in [0.5, 0.6) is 0 Å². The molecule has 142 valence electrons. The molecule has 0 bridgehead atoms. The average molecular weight is 400 g/mol. The van der Waals surface area contributed by atoms with E-state index in [1.807, 2.05) is 35.7 Å². The zero-order valence-corrected chi connectivity index (χ0v) is 16.0. The van der Waals surface area contributed by atoms with Crippen molar-refractivity contribution in [3.05, 3.63) is 99.9 Å². The van der Waals surface area contributed by atoms with Crippen molar-refractivity contribution in [3.8, 4) is 22.4 Å². The second kappa shape index (κ2) is 8.45. The maximum atomic E-state index is 10.9. The second-order valence-electron chi connectivity index (χ2n) is 6.20. The van der Waals surface area contributed by atoms with Crippen molar-refractivity contribution >= 4 is 28.4 Å². The van der Waals surface area contributed by atoms with Crippen molar-refractivity contribution in [2.24, 2.45) is 5.10 Å². The summed E-state index contributed by atoms with van der Waals surface area (Å²) < 4.78 is 0. The van der Waals surface area contributed by atoms with Crippen molar-refractivity contribution < 1.29 is 4.92 Å². The third-order valence-electron chi connectivity index (χ3n) is 4.25. The van der Waals surface area contributed by atoms with Crippen LogP contribution in [0.25, 0.3) is 22.4 Å². The van der Waals surface area contributed by atoms with E-state index in [9.17, 15) is 10.1 Å². The van der Waals surface area contributed by atoms with Gasteiger partial charge in [0.25, 0.3) is 5.69 Å². The van der Waals surface area contributed by atoms with E-state index in [0.717, 1.165) is 11.1 Å². The summed E-state index contributed by atoms with van der Waals surface area (Å²) in [5, 5.41) is 17.6. The number of nitro groups is 1. The van der Waals surface area contributed by atoms with Crippen LogP contribution in [0.3, 0.4) is 0 Å². The van der Waals surface area contributed by atoms with Crippen LogP contribution in [0.2, 0.25) is 0 Å². The third-order valence-corrected chi connectivity index (χ3v) is 5.00. The number of nitrogens with zero attached hydrogens (tertiary/aromatic N) is 3. The molecule has 4 aromatic rings. The van der Waals surface area contributed by atoms with Crippen LogP contribution in [-0.4, -0.2) is 16.1 Å². The molecule has 29 heavy (non-hydrogen) atoms. The minimum absolute atomic E-state index is 0.0435. The van der Waals surface area contributed by atoms with Crippen LogP contribution in [0.1, 0.15) is 5.56 Å². The van der Waals surface area contributed by atoms with Gasteiger partial charge in [-0.15, -0.1) is 11.3 Å². The highest BCUT2D eigenvalue weighted by molar-refractivity contribution is 7.14. The SMILES string of the molecule is O=[N+]([O-])c1cccc(-c2csc(N/N=C/c3ccc(-c4ccccc4)cc3)n2)c1. The first kappa shape index (κ1) is 18.5. The lowest BCUT2D eigenvalue weighted by Gasteiger charge is -2.01. The first-order valence-corrected chi connectivity index (χ1v) is 9.72. The molecular formula is C22H16N4O2S. The molecule has 4 rings (SSSR count). The Hall–Kier alpha value is -3.84. The quantitative estimate of drug-likeness (QED) is 0.251. The molecule has 0 spiro atoms. The van der Waals surface area contributed by atoms with Crippen LogP contribution in [0, 0.1) is 10.1 Å². The van der Waals surface area contributed by atoms with Gasteiger partial charge in [-0.3, -0.25) is 15.5 Å². The molecule has 1 aromatic heterocycles. The molecule has 1 N–H and O–H groups in total. The largest absolute Gasteiger partial charge is 0.270 e. The molecule has 6 nitrogen and oxygen atoms in total. The molecule has 0 amide bonds. The molecule has 0 radical (unpaired) electrons. The lowest BCUT2D eigenvalue weighted by molar-refractivity contribution is -0.384. The van der Waals surface area contributed by atoms with Gasteiger partial charge in [-0.05, 0) is 16.7 Å². The van der Waals surface area contributed by atoms with Gasteiger partial charge in [0.2, 0.25) is 5.13 Å². The van der Waals surface area contributed by atoms with Crippen molar-refractivity contribution in [2.45, 2.75) is 0 Å². The summed E-state index contributed by atoms with van der Waals surface area (Å²) in [7, 11) is 0. The van der Waals surface area contributed by atoms with Gasteiger partial charge < -0.3 is 0 Å². The fourth-order valence-electron chi connectivity index (χ4n) is 2.79. The predicted octanol–water partition coefficient (Wildman–Crippen LogP) is 5.83. The van der Waals surface area contributed by atoms with Gasteiger partial charge in [0.15, 0.2) is 0 Å². The molecule has 0 unspecified atom stereocenters. The lowest BCUT2D eigenvalue weighted by atomic mass is 10.0. The summed E-state index contributed by atoms with van der Waals surface area (Å²) in [6.07, 6.45) is 1.73. The number of aromatic nitrogens is 1. The summed E-state index contributed by atoms with van der Waals surface area (Å²) in [5.41, 5.74) is 7.61. The summed E-state index contributed by atoms with van der Waals surface area (Å²) in [5.74, 6) is 0. The monoisotopic (exact) mass is 400 g/mol. The molecule has 0 saturated heterocycles. The van der Waals surface area contributed by atoms with E-state index in [2.05, 4.69) is 39.8 Å². The highest BCUT2D eigenvalue weighted by atomic mass is 32.1. The van der Waals surface area contributed by atoms with E-state index in [4.69, 9.17) is 0 Å². The van der Waals surface area contributed by atoms with Crippen LogP contribution >= 0.6 is 11.3 Å². The van der Waals surface area contributed by atoms with E-state index >= 15 is 0 Å². The van der Waals surface area contributed by atoms with Crippen LogP contribution < -0.4 is 5.43 Å². The fraction of sp³-hybridized carbons (Fsp3) is 0. The minimum atomic E-state index is -0.414. The first-order valence-electron chi connectivity index (χ1n) is 8.84. The molecule has 0 saturated carbocycles. The predicted molar refractivity (Wildman–Crippen MR) is 117 cm³/mol.